The van der Waals surface area contributed by atoms with E-state index in [1.54, 1.807) is 0 Å². The maximum Gasteiger partial charge on any atom is 0.360 e. The van der Waals surface area contributed by atoms with Crippen molar-refractivity contribution in [3.8, 4) is 0 Å². The van der Waals surface area contributed by atoms with Crippen LogP contribution in [-0.2, 0) is 9.63 Å². The molecule has 0 aromatic carbocycles. The number of nitrogens with zero attached hydrogens (tertiary/aromatic N) is 1. The fourth-order valence-corrected chi connectivity index (χ4v) is 1.27. The van der Waals surface area contributed by atoms with Crippen molar-refractivity contribution in [2.75, 3.05) is 0 Å². The van der Waals surface area contributed by atoms with Crippen LogP contribution in [0.4, 0.5) is 0 Å². The second kappa shape index (κ2) is 6.51. The first-order valence-electron chi connectivity index (χ1n) is 3.37. The molecule has 0 radical (unpaired) electrons. The minimum absolute atomic E-state index is 0.0498. The fraction of sp³-hybridized carbons (Fsp3) is 0.429. The molecular weight excluding hydrogens is 272 g/mol. The van der Waals surface area contributed by atoms with E-state index < -0.39 is 15.6 Å². The predicted molar refractivity (Wildman–Crippen MR) is 59.3 cm³/mol. The van der Waals surface area contributed by atoms with Gasteiger partial charge in [0.05, 0.1) is 0 Å². The molecule has 0 amide bonds. The third kappa shape index (κ3) is 5.05. The Morgan fingerprint density at radius 3 is 2.00 bits per heavy atom. The molecule has 0 fully saturated rings. The highest BCUT2D eigenvalue weighted by atomic mass is 35.5. The zero-order valence-electron chi connectivity index (χ0n) is 7.14. The van der Waals surface area contributed by atoms with E-state index in [2.05, 4.69) is 16.6 Å². The van der Waals surface area contributed by atoms with E-state index in [1.165, 1.54) is 6.92 Å². The largest absolute Gasteiger partial charge is 0.360 e. The maximum atomic E-state index is 10.9. The normalized spacial score (nSPS) is 10.2. The van der Waals surface area contributed by atoms with E-state index in [0.717, 1.165) is 0 Å². The highest BCUT2D eigenvalue weighted by molar-refractivity contribution is 6.64. The summed E-state index contributed by atoms with van der Waals surface area (Å²) in [4.78, 5) is 13.2. The molecule has 0 aliphatic heterocycles. The third-order valence-corrected chi connectivity index (χ3v) is 1.92. The zero-order chi connectivity index (χ0) is 11.3. The highest BCUT2D eigenvalue weighted by Crippen LogP contribution is 2.15. The molecule has 80 valence electrons. The summed E-state index contributed by atoms with van der Waals surface area (Å²) >= 11 is 21.8. The minimum Gasteiger partial charge on any atom is -0.313 e. The van der Waals surface area contributed by atoms with Crippen LogP contribution in [0.5, 0.6) is 0 Å². The van der Waals surface area contributed by atoms with E-state index in [-0.39, 0.29) is 11.3 Å². The Morgan fingerprint density at radius 1 is 1.29 bits per heavy atom. The molecule has 0 spiro atoms. The predicted octanol–water partition coefficient (Wildman–Crippen LogP) is 3.07. The average molecular weight is 279 g/mol. The van der Waals surface area contributed by atoms with Crippen LogP contribution in [0, 0.1) is 0 Å². The van der Waals surface area contributed by atoms with Crippen molar-refractivity contribution in [1.82, 2.24) is 0 Å². The summed E-state index contributed by atoms with van der Waals surface area (Å²) in [6, 6.07) is 0. The standard InChI is InChI=1S/C7H7Cl4NO2/c1-3(2)7(13)14-12-4(5(8)9)6(10)11/h5-6H,1H2,2H3. The Morgan fingerprint density at radius 2 is 1.71 bits per heavy atom. The molecule has 0 N–H and O–H groups in total. The number of rotatable bonds is 4. The lowest BCUT2D eigenvalue weighted by molar-refractivity contribution is -0.138. The van der Waals surface area contributed by atoms with Gasteiger partial charge in [0.15, 0.2) is 9.67 Å². The Hall–Kier alpha value is 0.0400. The van der Waals surface area contributed by atoms with E-state index >= 15 is 0 Å². The molecule has 7 heteroatoms. The molecule has 0 unspecified atom stereocenters. The molecule has 0 aromatic rings. The van der Waals surface area contributed by atoms with Gasteiger partial charge in [-0.2, -0.15) is 0 Å². The molecule has 0 heterocycles. The summed E-state index contributed by atoms with van der Waals surface area (Å²) in [6.45, 7) is 4.81. The summed E-state index contributed by atoms with van der Waals surface area (Å²) in [5, 5.41) is 3.32. The highest BCUT2D eigenvalue weighted by Gasteiger charge is 2.19. The SMILES string of the molecule is C=C(C)C(=O)ON=C(C(Cl)Cl)C(Cl)Cl. The van der Waals surface area contributed by atoms with Crippen molar-refractivity contribution in [2.24, 2.45) is 5.16 Å². The number of alkyl halides is 4. The quantitative estimate of drug-likeness (QED) is 0.261. The van der Waals surface area contributed by atoms with Gasteiger partial charge in [-0.05, 0) is 6.92 Å². The van der Waals surface area contributed by atoms with Gasteiger partial charge < -0.3 is 4.84 Å². The Labute approximate surface area is 102 Å². The fourth-order valence-electron chi connectivity index (χ4n) is 0.347. The van der Waals surface area contributed by atoms with Crippen molar-refractivity contribution in [1.29, 1.82) is 0 Å². The van der Waals surface area contributed by atoms with Gasteiger partial charge in [0.1, 0.15) is 5.71 Å². The van der Waals surface area contributed by atoms with E-state index in [1.807, 2.05) is 0 Å². The molecular formula is C7H7Cl4NO2. The van der Waals surface area contributed by atoms with E-state index in [4.69, 9.17) is 46.4 Å². The van der Waals surface area contributed by atoms with Crippen LogP contribution < -0.4 is 0 Å². The zero-order valence-corrected chi connectivity index (χ0v) is 10.2. The van der Waals surface area contributed by atoms with Crippen LogP contribution in [0.1, 0.15) is 6.92 Å². The number of hydrogen-bond donors (Lipinski definition) is 0. The van der Waals surface area contributed by atoms with Gasteiger partial charge in [-0.1, -0.05) is 58.1 Å². The van der Waals surface area contributed by atoms with E-state index in [0.29, 0.717) is 0 Å². The number of halogens is 4. The minimum atomic E-state index is -1.03. The Kier molecular flexibility index (Phi) is 6.53. The average Bonchev–Trinajstić information content (AvgIpc) is 2.02. The van der Waals surface area contributed by atoms with Gasteiger partial charge in [0.25, 0.3) is 0 Å². The van der Waals surface area contributed by atoms with Crippen LogP contribution >= 0.6 is 46.4 Å². The second-order valence-electron chi connectivity index (χ2n) is 2.28. The number of carbonyl (C=O) groups is 1. The molecule has 14 heavy (non-hydrogen) atoms. The third-order valence-electron chi connectivity index (χ3n) is 1.03. The van der Waals surface area contributed by atoms with Gasteiger partial charge in [0.2, 0.25) is 0 Å². The second-order valence-corrected chi connectivity index (χ2v) is 4.47. The summed E-state index contributed by atoms with van der Waals surface area (Å²) < 4.78 is 0. The van der Waals surface area contributed by atoms with E-state index in [9.17, 15) is 4.79 Å². The maximum absolute atomic E-state index is 10.9. The lowest BCUT2D eigenvalue weighted by atomic mass is 10.4. The summed E-state index contributed by atoms with van der Waals surface area (Å²) in [5.74, 6) is -0.703. The summed E-state index contributed by atoms with van der Waals surface area (Å²) in [6.07, 6.45) is 0. The number of hydrogen-bond acceptors (Lipinski definition) is 3. The molecule has 0 aromatic heterocycles. The molecule has 3 nitrogen and oxygen atoms in total. The van der Waals surface area contributed by atoms with Crippen LogP contribution in [-0.4, -0.2) is 21.4 Å². The molecule has 0 atom stereocenters. The monoisotopic (exact) mass is 277 g/mol. The van der Waals surface area contributed by atoms with Crippen LogP contribution in [0.15, 0.2) is 17.3 Å². The van der Waals surface area contributed by atoms with Crippen LogP contribution in [0.25, 0.3) is 0 Å². The van der Waals surface area contributed by atoms with Crippen molar-refractivity contribution in [3.05, 3.63) is 12.2 Å². The van der Waals surface area contributed by atoms with Gasteiger partial charge in [-0.15, -0.1) is 0 Å². The summed E-state index contributed by atoms with van der Waals surface area (Å²) in [7, 11) is 0. The van der Waals surface area contributed by atoms with Gasteiger partial charge in [-0.3, -0.25) is 0 Å². The molecule has 0 bridgehead atoms. The van der Waals surface area contributed by atoms with Crippen molar-refractivity contribution in [3.63, 3.8) is 0 Å². The topological polar surface area (TPSA) is 38.7 Å². The van der Waals surface area contributed by atoms with Crippen molar-refractivity contribution < 1.29 is 9.63 Å². The van der Waals surface area contributed by atoms with Gasteiger partial charge >= 0.3 is 5.97 Å². The van der Waals surface area contributed by atoms with Crippen molar-refractivity contribution >= 4 is 58.1 Å². The lowest BCUT2D eigenvalue weighted by Gasteiger charge is -2.06. The first kappa shape index (κ1) is 14.0. The van der Waals surface area contributed by atoms with Gasteiger partial charge in [-0.25, -0.2) is 4.79 Å². The Bertz CT molecular complexity index is 252. The van der Waals surface area contributed by atoms with Crippen molar-refractivity contribution in [2.45, 2.75) is 16.6 Å². The molecule has 0 aliphatic rings. The van der Waals surface area contributed by atoms with Crippen LogP contribution in [0.3, 0.4) is 0 Å². The molecule has 0 saturated heterocycles. The van der Waals surface area contributed by atoms with Crippen LogP contribution in [0.2, 0.25) is 0 Å². The smallest absolute Gasteiger partial charge is 0.313 e. The molecule has 0 aliphatic carbocycles. The molecule has 0 saturated carbocycles. The lowest BCUT2D eigenvalue weighted by Crippen LogP contribution is -2.18. The molecule has 0 rings (SSSR count). The van der Waals surface area contributed by atoms with Gasteiger partial charge in [0, 0.05) is 5.57 Å². The Balaban J connectivity index is 4.46. The number of oxime groups is 1. The first-order chi connectivity index (χ1) is 6.36. The first-order valence-corrected chi connectivity index (χ1v) is 5.11. The summed E-state index contributed by atoms with van der Waals surface area (Å²) in [5.41, 5.74) is 0.140. The number of carbonyl (C=O) groups excluding carboxylic acids is 1.